The molecule has 2 aromatic heterocycles. The lowest BCUT2D eigenvalue weighted by atomic mass is 9.71. The van der Waals surface area contributed by atoms with Crippen LogP contribution in [0.25, 0.3) is 10.2 Å². The SMILES string of the molecule is FC(F)(F)Cc1cc2c(N3CCC4(CC3)CN(CC3CCOCC3)C4)ncnc2s1. The number of anilines is 1. The van der Waals surface area contributed by atoms with Gasteiger partial charge in [-0.1, -0.05) is 0 Å². The van der Waals surface area contributed by atoms with Crippen LogP contribution < -0.4 is 4.90 Å². The predicted octanol–water partition coefficient (Wildman–Crippen LogP) is 4.12. The van der Waals surface area contributed by atoms with Gasteiger partial charge in [0.15, 0.2) is 0 Å². The van der Waals surface area contributed by atoms with Gasteiger partial charge in [-0.05, 0) is 43.1 Å². The summed E-state index contributed by atoms with van der Waals surface area (Å²) in [4.78, 5) is 14.4. The zero-order valence-electron chi connectivity index (χ0n) is 17.0. The molecule has 5 nitrogen and oxygen atoms in total. The quantitative estimate of drug-likeness (QED) is 0.715. The van der Waals surface area contributed by atoms with Crippen molar-refractivity contribution in [3.8, 4) is 0 Å². The molecular weight excluding hydrogens is 413 g/mol. The predicted molar refractivity (Wildman–Crippen MR) is 111 cm³/mol. The van der Waals surface area contributed by atoms with Crippen LogP contribution in [0.5, 0.6) is 0 Å². The number of rotatable bonds is 4. The van der Waals surface area contributed by atoms with Crippen LogP contribution in [0.3, 0.4) is 0 Å². The van der Waals surface area contributed by atoms with E-state index in [0.717, 1.165) is 67.6 Å². The summed E-state index contributed by atoms with van der Waals surface area (Å²) in [5, 5.41) is 0.757. The summed E-state index contributed by atoms with van der Waals surface area (Å²) in [7, 11) is 0. The van der Waals surface area contributed by atoms with Crippen molar-refractivity contribution in [3.05, 3.63) is 17.3 Å². The molecule has 2 aromatic rings. The topological polar surface area (TPSA) is 41.5 Å². The van der Waals surface area contributed by atoms with E-state index in [9.17, 15) is 13.2 Å². The Hall–Kier alpha value is -1.45. The van der Waals surface area contributed by atoms with Crippen LogP contribution in [0.1, 0.15) is 30.6 Å². The average Bonchev–Trinajstić information content (AvgIpc) is 3.09. The number of thiophene rings is 1. The van der Waals surface area contributed by atoms with Crippen LogP contribution >= 0.6 is 11.3 Å². The lowest BCUT2D eigenvalue weighted by Gasteiger charge is -2.55. The van der Waals surface area contributed by atoms with E-state index < -0.39 is 12.6 Å². The van der Waals surface area contributed by atoms with Crippen molar-refractivity contribution in [2.24, 2.45) is 11.3 Å². The van der Waals surface area contributed by atoms with Crippen LogP contribution in [0.2, 0.25) is 0 Å². The average molecular weight is 441 g/mol. The molecule has 0 aromatic carbocycles. The molecule has 0 unspecified atom stereocenters. The fourth-order valence-electron chi connectivity index (χ4n) is 5.26. The summed E-state index contributed by atoms with van der Waals surface area (Å²) >= 11 is 1.12. The number of hydrogen-bond acceptors (Lipinski definition) is 6. The van der Waals surface area contributed by atoms with Crippen LogP contribution in [0.15, 0.2) is 12.4 Å². The first-order chi connectivity index (χ1) is 14.4. The zero-order chi connectivity index (χ0) is 20.8. The summed E-state index contributed by atoms with van der Waals surface area (Å²) in [6, 6.07) is 1.63. The third-order valence-electron chi connectivity index (χ3n) is 6.83. The Morgan fingerprint density at radius 2 is 1.87 bits per heavy atom. The highest BCUT2D eigenvalue weighted by Gasteiger charge is 2.45. The molecule has 1 spiro atoms. The van der Waals surface area contributed by atoms with Crippen LogP contribution in [-0.2, 0) is 11.2 Å². The number of alkyl halides is 3. The Kier molecular flexibility index (Phi) is 5.39. The van der Waals surface area contributed by atoms with Gasteiger partial charge in [0.1, 0.15) is 17.0 Å². The van der Waals surface area contributed by atoms with Gasteiger partial charge in [0, 0.05) is 50.8 Å². The van der Waals surface area contributed by atoms with E-state index in [4.69, 9.17) is 4.74 Å². The lowest BCUT2D eigenvalue weighted by molar-refractivity contribution is -0.126. The van der Waals surface area contributed by atoms with Gasteiger partial charge >= 0.3 is 6.18 Å². The van der Waals surface area contributed by atoms with Gasteiger partial charge in [0.05, 0.1) is 11.8 Å². The zero-order valence-corrected chi connectivity index (χ0v) is 17.8. The molecule has 3 aliphatic rings. The van der Waals surface area contributed by atoms with Gasteiger partial charge in [-0.3, -0.25) is 0 Å². The maximum atomic E-state index is 12.8. The first kappa shape index (κ1) is 20.5. The van der Waals surface area contributed by atoms with E-state index in [0.29, 0.717) is 15.1 Å². The minimum atomic E-state index is -4.20. The fourth-order valence-corrected chi connectivity index (χ4v) is 6.29. The van der Waals surface area contributed by atoms with Gasteiger partial charge in [-0.15, -0.1) is 11.3 Å². The first-order valence-electron chi connectivity index (χ1n) is 10.7. The molecule has 0 saturated carbocycles. The van der Waals surface area contributed by atoms with Crippen molar-refractivity contribution in [2.75, 3.05) is 50.8 Å². The van der Waals surface area contributed by atoms with Crippen LogP contribution in [-0.4, -0.2) is 67.0 Å². The van der Waals surface area contributed by atoms with Crippen molar-refractivity contribution in [1.82, 2.24) is 14.9 Å². The molecule has 3 aliphatic heterocycles. The Bertz CT molecular complexity index is 880. The Labute approximate surface area is 178 Å². The second-order valence-electron chi connectivity index (χ2n) is 9.13. The van der Waals surface area contributed by atoms with Crippen molar-refractivity contribution in [2.45, 2.75) is 38.3 Å². The van der Waals surface area contributed by atoms with Gasteiger partial charge in [0.25, 0.3) is 0 Å². The summed E-state index contributed by atoms with van der Waals surface area (Å²) in [5.74, 6) is 1.56. The van der Waals surface area contributed by atoms with Gasteiger partial charge < -0.3 is 14.5 Å². The number of fused-ring (bicyclic) bond motifs is 1. The summed E-state index contributed by atoms with van der Waals surface area (Å²) in [6.07, 6.45) is 0.960. The third kappa shape index (κ3) is 4.29. The van der Waals surface area contributed by atoms with Crippen molar-refractivity contribution in [3.63, 3.8) is 0 Å². The number of ether oxygens (including phenoxy) is 1. The second kappa shape index (κ2) is 7.91. The first-order valence-corrected chi connectivity index (χ1v) is 11.6. The smallest absolute Gasteiger partial charge is 0.381 e. The van der Waals surface area contributed by atoms with Crippen LogP contribution in [0.4, 0.5) is 19.0 Å². The Morgan fingerprint density at radius 3 is 2.57 bits per heavy atom. The van der Waals surface area contributed by atoms with E-state index in [1.165, 1.54) is 38.8 Å². The summed E-state index contributed by atoms with van der Waals surface area (Å²) < 4.78 is 43.8. The summed E-state index contributed by atoms with van der Waals surface area (Å²) in [5.41, 5.74) is 0.407. The highest BCUT2D eigenvalue weighted by molar-refractivity contribution is 7.18. The molecule has 5 heterocycles. The Morgan fingerprint density at radius 1 is 1.13 bits per heavy atom. The van der Waals surface area contributed by atoms with Gasteiger partial charge in [-0.2, -0.15) is 13.2 Å². The number of nitrogens with zero attached hydrogens (tertiary/aromatic N) is 4. The minimum Gasteiger partial charge on any atom is -0.381 e. The molecule has 5 rings (SSSR count). The maximum absolute atomic E-state index is 12.8. The maximum Gasteiger partial charge on any atom is 0.393 e. The molecule has 0 amide bonds. The standard InChI is InChI=1S/C21H27F3N4OS/c22-21(23,24)10-16-9-17-18(25-14-26-19(17)30-16)28-5-3-20(4-6-28)12-27(13-20)11-15-1-7-29-8-2-15/h9,14-15H,1-8,10-13H2. The molecule has 0 radical (unpaired) electrons. The number of aromatic nitrogens is 2. The number of hydrogen-bond donors (Lipinski definition) is 0. The molecule has 0 bridgehead atoms. The molecule has 3 fully saturated rings. The summed E-state index contributed by atoms with van der Waals surface area (Å²) in [6.45, 7) is 7.15. The van der Waals surface area contributed by atoms with Gasteiger partial charge in [-0.25, -0.2) is 9.97 Å². The van der Waals surface area contributed by atoms with Crippen molar-refractivity contribution in [1.29, 1.82) is 0 Å². The molecule has 164 valence electrons. The van der Waals surface area contributed by atoms with Crippen molar-refractivity contribution >= 4 is 27.4 Å². The highest BCUT2D eigenvalue weighted by atomic mass is 32.1. The largest absolute Gasteiger partial charge is 0.393 e. The molecule has 3 saturated heterocycles. The highest BCUT2D eigenvalue weighted by Crippen LogP contribution is 2.43. The number of piperidine rings is 1. The lowest BCUT2D eigenvalue weighted by Crippen LogP contribution is -2.61. The molecule has 30 heavy (non-hydrogen) atoms. The van der Waals surface area contributed by atoms with E-state index in [1.54, 1.807) is 6.07 Å². The normalized spacial score (nSPS) is 23.2. The Balaban J connectivity index is 1.20. The molecule has 0 aliphatic carbocycles. The molecule has 0 N–H and O–H groups in total. The van der Waals surface area contributed by atoms with E-state index >= 15 is 0 Å². The number of halogens is 3. The monoisotopic (exact) mass is 440 g/mol. The van der Waals surface area contributed by atoms with Crippen molar-refractivity contribution < 1.29 is 17.9 Å². The molecular formula is C21H27F3N4OS. The molecule has 0 atom stereocenters. The minimum absolute atomic E-state index is 0.301. The second-order valence-corrected chi connectivity index (χ2v) is 10.2. The fraction of sp³-hybridized carbons (Fsp3) is 0.714. The molecule has 9 heteroatoms. The number of likely N-dealkylation sites (tertiary alicyclic amines) is 1. The van der Waals surface area contributed by atoms with Gasteiger partial charge in [0.2, 0.25) is 0 Å². The van der Waals surface area contributed by atoms with Crippen LogP contribution in [0, 0.1) is 11.3 Å². The van der Waals surface area contributed by atoms with E-state index in [2.05, 4.69) is 19.8 Å². The van der Waals surface area contributed by atoms with E-state index in [1.807, 2.05) is 0 Å². The van der Waals surface area contributed by atoms with E-state index in [-0.39, 0.29) is 0 Å². The third-order valence-corrected chi connectivity index (χ3v) is 7.88.